The average Bonchev–Trinajstić information content (AvgIpc) is 3.00. The number of nitrogens with zero attached hydrogens (tertiary/aromatic N) is 1. The van der Waals surface area contributed by atoms with Crippen molar-refractivity contribution in [1.29, 1.82) is 0 Å². The van der Waals surface area contributed by atoms with E-state index in [1.165, 1.54) is 12.8 Å². The SMILES string of the molecule is CC1CN(C(=O)C2CC23CCNCC3)CC(C)(C)O1.Cl. The lowest BCUT2D eigenvalue weighted by Gasteiger charge is -2.42. The normalized spacial score (nSPS) is 34.5. The summed E-state index contributed by atoms with van der Waals surface area (Å²) in [5.41, 5.74) is 0.136. The quantitative estimate of drug-likeness (QED) is 0.803. The topological polar surface area (TPSA) is 41.6 Å². The molecule has 3 fully saturated rings. The van der Waals surface area contributed by atoms with E-state index < -0.39 is 0 Å². The number of halogens is 1. The summed E-state index contributed by atoms with van der Waals surface area (Å²) in [5.74, 6) is 0.667. The Morgan fingerprint density at radius 3 is 2.55 bits per heavy atom. The second-order valence-electron chi connectivity index (χ2n) is 7.28. The predicted molar refractivity (Wildman–Crippen MR) is 81.1 cm³/mol. The number of morpholine rings is 1. The zero-order chi connectivity index (χ0) is 13.7. The summed E-state index contributed by atoms with van der Waals surface area (Å²) >= 11 is 0. The van der Waals surface area contributed by atoms with Gasteiger partial charge in [-0.15, -0.1) is 12.4 Å². The molecule has 2 aliphatic heterocycles. The lowest BCUT2D eigenvalue weighted by atomic mass is 9.91. The minimum Gasteiger partial charge on any atom is -0.369 e. The maximum absolute atomic E-state index is 12.7. The van der Waals surface area contributed by atoms with Crippen LogP contribution in [0.2, 0.25) is 0 Å². The van der Waals surface area contributed by atoms with Gasteiger partial charge in [0, 0.05) is 19.0 Å². The van der Waals surface area contributed by atoms with Gasteiger partial charge in [-0.25, -0.2) is 0 Å². The molecule has 1 amide bonds. The molecular formula is C15H27ClN2O2. The molecule has 0 radical (unpaired) electrons. The summed E-state index contributed by atoms with van der Waals surface area (Å²) in [4.78, 5) is 14.8. The molecule has 0 aromatic carbocycles. The molecule has 1 spiro atoms. The Bertz CT molecular complexity index is 380. The highest BCUT2D eigenvalue weighted by Crippen LogP contribution is 2.59. The molecule has 1 saturated carbocycles. The fourth-order valence-electron chi connectivity index (χ4n) is 4.02. The number of piperidine rings is 1. The van der Waals surface area contributed by atoms with Crippen LogP contribution in [0, 0.1) is 11.3 Å². The van der Waals surface area contributed by atoms with Crippen molar-refractivity contribution in [1.82, 2.24) is 10.2 Å². The standard InChI is InChI=1S/C15H26N2O2.ClH/c1-11-9-17(10-14(2,3)19-11)13(18)12-8-15(12)4-6-16-7-5-15;/h11-12,16H,4-10H2,1-3H3;1H. The van der Waals surface area contributed by atoms with Gasteiger partial charge in [-0.3, -0.25) is 4.79 Å². The van der Waals surface area contributed by atoms with Crippen molar-refractivity contribution in [2.24, 2.45) is 11.3 Å². The van der Waals surface area contributed by atoms with Crippen molar-refractivity contribution in [2.75, 3.05) is 26.2 Å². The van der Waals surface area contributed by atoms with E-state index in [0.717, 1.165) is 32.6 Å². The van der Waals surface area contributed by atoms with Crippen molar-refractivity contribution < 1.29 is 9.53 Å². The maximum atomic E-state index is 12.7. The van der Waals surface area contributed by atoms with Crippen molar-refractivity contribution in [3.63, 3.8) is 0 Å². The molecule has 0 aromatic rings. The van der Waals surface area contributed by atoms with Crippen molar-refractivity contribution >= 4 is 18.3 Å². The first kappa shape index (κ1) is 16.1. The number of hydrogen-bond acceptors (Lipinski definition) is 3. The first-order valence-electron chi connectivity index (χ1n) is 7.59. The number of carbonyl (C=O) groups excluding carboxylic acids is 1. The fraction of sp³-hybridized carbons (Fsp3) is 0.933. The number of rotatable bonds is 1. The Labute approximate surface area is 128 Å². The van der Waals surface area contributed by atoms with Crippen LogP contribution in [0.3, 0.4) is 0 Å². The highest BCUT2D eigenvalue weighted by Gasteiger charge is 2.59. The van der Waals surface area contributed by atoms with Crippen LogP contribution in [0.5, 0.6) is 0 Å². The molecule has 2 heterocycles. The molecule has 3 rings (SSSR count). The van der Waals surface area contributed by atoms with Crippen LogP contribution in [0.1, 0.15) is 40.0 Å². The van der Waals surface area contributed by atoms with Gasteiger partial charge in [0.1, 0.15) is 0 Å². The van der Waals surface area contributed by atoms with Gasteiger partial charge in [0.05, 0.1) is 11.7 Å². The lowest BCUT2D eigenvalue weighted by molar-refractivity contribution is -0.160. The van der Waals surface area contributed by atoms with Crippen LogP contribution < -0.4 is 5.32 Å². The zero-order valence-corrected chi connectivity index (χ0v) is 13.6. The first-order chi connectivity index (χ1) is 8.92. The third-order valence-corrected chi connectivity index (χ3v) is 4.97. The van der Waals surface area contributed by atoms with E-state index in [1.54, 1.807) is 0 Å². The van der Waals surface area contributed by atoms with Crippen LogP contribution in [-0.2, 0) is 9.53 Å². The molecule has 2 saturated heterocycles. The van der Waals surface area contributed by atoms with E-state index in [-0.39, 0.29) is 30.0 Å². The van der Waals surface area contributed by atoms with Gasteiger partial charge in [0.2, 0.25) is 5.91 Å². The first-order valence-corrected chi connectivity index (χ1v) is 7.59. The minimum atomic E-state index is -0.205. The molecule has 5 heteroatoms. The predicted octanol–water partition coefficient (Wildman–Crippen LogP) is 1.82. The van der Waals surface area contributed by atoms with E-state index in [4.69, 9.17) is 4.74 Å². The third kappa shape index (κ3) is 2.97. The van der Waals surface area contributed by atoms with Crippen molar-refractivity contribution in [2.45, 2.75) is 51.7 Å². The van der Waals surface area contributed by atoms with Crippen LogP contribution >= 0.6 is 12.4 Å². The summed E-state index contributed by atoms with van der Waals surface area (Å²) in [6.45, 7) is 9.87. The highest BCUT2D eigenvalue weighted by atomic mass is 35.5. The molecule has 0 bridgehead atoms. The summed E-state index contributed by atoms with van der Waals surface area (Å²) in [5, 5.41) is 3.39. The van der Waals surface area contributed by atoms with Gasteiger partial charge in [0.15, 0.2) is 0 Å². The average molecular weight is 303 g/mol. The summed E-state index contributed by atoms with van der Waals surface area (Å²) in [7, 11) is 0. The Kier molecular flexibility index (Phi) is 4.39. The molecule has 1 aliphatic carbocycles. The fourth-order valence-corrected chi connectivity index (χ4v) is 4.02. The molecule has 116 valence electrons. The maximum Gasteiger partial charge on any atom is 0.226 e. The van der Waals surface area contributed by atoms with Gasteiger partial charge in [-0.05, 0) is 58.5 Å². The molecule has 3 aliphatic rings. The van der Waals surface area contributed by atoms with E-state index in [2.05, 4.69) is 31.0 Å². The van der Waals surface area contributed by atoms with Gasteiger partial charge in [0.25, 0.3) is 0 Å². The van der Waals surface area contributed by atoms with Crippen LogP contribution in [0.15, 0.2) is 0 Å². The van der Waals surface area contributed by atoms with Gasteiger partial charge >= 0.3 is 0 Å². The van der Waals surface area contributed by atoms with E-state index in [0.29, 0.717) is 11.3 Å². The van der Waals surface area contributed by atoms with Crippen LogP contribution in [-0.4, -0.2) is 48.7 Å². The third-order valence-electron chi connectivity index (χ3n) is 4.97. The molecule has 2 atom stereocenters. The van der Waals surface area contributed by atoms with Gasteiger partial charge in [-0.2, -0.15) is 0 Å². The highest BCUT2D eigenvalue weighted by molar-refractivity contribution is 5.85. The minimum absolute atomic E-state index is 0. The largest absolute Gasteiger partial charge is 0.369 e. The number of ether oxygens (including phenoxy) is 1. The molecule has 1 N–H and O–H groups in total. The van der Waals surface area contributed by atoms with Gasteiger partial charge < -0.3 is 15.0 Å². The molecule has 4 nitrogen and oxygen atoms in total. The zero-order valence-electron chi connectivity index (χ0n) is 12.8. The number of nitrogens with one attached hydrogen (secondary N) is 1. The van der Waals surface area contributed by atoms with E-state index >= 15 is 0 Å². The van der Waals surface area contributed by atoms with Crippen LogP contribution in [0.25, 0.3) is 0 Å². The number of hydrogen-bond donors (Lipinski definition) is 1. The van der Waals surface area contributed by atoms with E-state index in [9.17, 15) is 4.79 Å². The second-order valence-corrected chi connectivity index (χ2v) is 7.28. The van der Waals surface area contributed by atoms with Gasteiger partial charge in [-0.1, -0.05) is 0 Å². The second kappa shape index (κ2) is 5.47. The monoisotopic (exact) mass is 302 g/mol. The van der Waals surface area contributed by atoms with Crippen molar-refractivity contribution in [3.05, 3.63) is 0 Å². The van der Waals surface area contributed by atoms with Crippen LogP contribution in [0.4, 0.5) is 0 Å². The summed E-state index contributed by atoms with van der Waals surface area (Å²) in [6, 6.07) is 0. The number of amides is 1. The molecule has 2 unspecified atom stereocenters. The lowest BCUT2D eigenvalue weighted by Crippen LogP contribution is -2.54. The molecule has 0 aromatic heterocycles. The summed E-state index contributed by atoms with van der Waals surface area (Å²) < 4.78 is 5.89. The molecular weight excluding hydrogens is 276 g/mol. The summed E-state index contributed by atoms with van der Waals surface area (Å²) in [6.07, 6.45) is 3.61. The Balaban J connectivity index is 0.00000147. The smallest absolute Gasteiger partial charge is 0.226 e. The molecule has 20 heavy (non-hydrogen) atoms. The Morgan fingerprint density at radius 1 is 1.30 bits per heavy atom. The Morgan fingerprint density at radius 2 is 1.95 bits per heavy atom. The van der Waals surface area contributed by atoms with E-state index in [1.807, 2.05) is 0 Å². The van der Waals surface area contributed by atoms with Crippen molar-refractivity contribution in [3.8, 4) is 0 Å². The number of carbonyl (C=O) groups is 1. The Hall–Kier alpha value is -0.320.